The van der Waals surface area contributed by atoms with Gasteiger partial charge in [-0.15, -0.1) is 0 Å². The van der Waals surface area contributed by atoms with Crippen LogP contribution in [0.15, 0.2) is 24.3 Å². The van der Waals surface area contributed by atoms with Gasteiger partial charge in [-0.3, -0.25) is 4.79 Å². The molecular weight excluding hydrogens is 292 g/mol. The van der Waals surface area contributed by atoms with Crippen LogP contribution in [0.2, 0.25) is 0 Å². The first-order valence-corrected chi connectivity index (χ1v) is 7.64. The van der Waals surface area contributed by atoms with Gasteiger partial charge in [-0.2, -0.15) is 0 Å². The molecule has 4 nitrogen and oxygen atoms in total. The van der Waals surface area contributed by atoms with E-state index in [-0.39, 0.29) is 17.8 Å². The van der Waals surface area contributed by atoms with Crippen molar-refractivity contribution in [3.8, 4) is 0 Å². The number of carbonyl (C=O) groups excluding carboxylic acids is 1. The van der Waals surface area contributed by atoms with Crippen LogP contribution in [-0.2, 0) is 14.1 Å². The number of halogens is 1. The SMILES string of the molecule is O=C(CCC[C@H](OP)c1ccc(F)cc1)N1CCOCC1. The largest absolute Gasteiger partial charge is 0.378 e. The highest BCUT2D eigenvalue weighted by atomic mass is 31.0. The van der Waals surface area contributed by atoms with Crippen molar-refractivity contribution in [2.24, 2.45) is 0 Å². The number of hydrogen-bond donors (Lipinski definition) is 0. The fraction of sp³-hybridized carbons (Fsp3) is 0.533. The summed E-state index contributed by atoms with van der Waals surface area (Å²) in [5.41, 5.74) is 0.922. The highest BCUT2D eigenvalue weighted by Crippen LogP contribution is 2.26. The summed E-state index contributed by atoms with van der Waals surface area (Å²) < 4.78 is 23.5. The van der Waals surface area contributed by atoms with Gasteiger partial charge in [-0.05, 0) is 30.5 Å². The minimum absolute atomic E-state index is 0.131. The van der Waals surface area contributed by atoms with Gasteiger partial charge in [0.25, 0.3) is 0 Å². The van der Waals surface area contributed by atoms with E-state index in [1.165, 1.54) is 12.1 Å². The number of morpholine rings is 1. The first-order valence-electron chi connectivity index (χ1n) is 7.17. The third-order valence-electron chi connectivity index (χ3n) is 3.63. The van der Waals surface area contributed by atoms with E-state index in [1.54, 1.807) is 12.1 Å². The second-order valence-corrected chi connectivity index (χ2v) is 5.33. The minimum Gasteiger partial charge on any atom is -0.378 e. The molecule has 0 N–H and O–H groups in total. The Bertz CT molecular complexity index is 449. The quantitative estimate of drug-likeness (QED) is 0.758. The third kappa shape index (κ3) is 5.03. The molecular formula is C15H21FNO3P. The van der Waals surface area contributed by atoms with Gasteiger partial charge in [-0.1, -0.05) is 12.1 Å². The lowest BCUT2D eigenvalue weighted by Gasteiger charge is -2.27. The summed E-state index contributed by atoms with van der Waals surface area (Å²) in [5, 5.41) is 0. The van der Waals surface area contributed by atoms with Gasteiger partial charge >= 0.3 is 0 Å². The molecule has 1 aromatic rings. The molecule has 1 amide bonds. The molecule has 21 heavy (non-hydrogen) atoms. The summed E-state index contributed by atoms with van der Waals surface area (Å²) in [6, 6.07) is 6.28. The molecule has 0 bridgehead atoms. The smallest absolute Gasteiger partial charge is 0.222 e. The number of nitrogens with zero attached hydrogens (tertiary/aromatic N) is 1. The molecule has 0 radical (unpaired) electrons. The van der Waals surface area contributed by atoms with E-state index in [9.17, 15) is 9.18 Å². The van der Waals surface area contributed by atoms with Crippen molar-refractivity contribution in [3.05, 3.63) is 35.6 Å². The van der Waals surface area contributed by atoms with Crippen molar-refractivity contribution in [2.75, 3.05) is 26.3 Å². The second-order valence-electron chi connectivity index (χ2n) is 5.06. The van der Waals surface area contributed by atoms with Gasteiger partial charge in [0, 0.05) is 29.0 Å². The molecule has 1 aliphatic rings. The van der Waals surface area contributed by atoms with Gasteiger partial charge < -0.3 is 14.2 Å². The van der Waals surface area contributed by atoms with E-state index >= 15 is 0 Å². The lowest BCUT2D eigenvalue weighted by atomic mass is 10.0. The predicted octanol–water partition coefficient (Wildman–Crippen LogP) is 2.70. The Kier molecular flexibility index (Phi) is 6.55. The fourth-order valence-corrected chi connectivity index (χ4v) is 2.69. The van der Waals surface area contributed by atoms with Crippen molar-refractivity contribution in [1.29, 1.82) is 0 Å². The van der Waals surface area contributed by atoms with Crippen molar-refractivity contribution in [2.45, 2.75) is 25.4 Å². The lowest BCUT2D eigenvalue weighted by molar-refractivity contribution is -0.135. The molecule has 0 spiro atoms. The van der Waals surface area contributed by atoms with E-state index in [2.05, 4.69) is 9.47 Å². The van der Waals surface area contributed by atoms with Gasteiger partial charge in [0.1, 0.15) is 5.82 Å². The zero-order valence-electron chi connectivity index (χ0n) is 12.0. The maximum atomic E-state index is 12.9. The molecule has 2 rings (SSSR count). The van der Waals surface area contributed by atoms with Gasteiger partial charge in [0.15, 0.2) is 0 Å². The maximum absolute atomic E-state index is 12.9. The first kappa shape index (κ1) is 16.3. The van der Waals surface area contributed by atoms with Crippen LogP contribution in [0.3, 0.4) is 0 Å². The summed E-state index contributed by atoms with van der Waals surface area (Å²) in [4.78, 5) is 13.9. The predicted molar refractivity (Wildman–Crippen MR) is 81.2 cm³/mol. The number of ether oxygens (including phenoxy) is 1. The Morgan fingerprint density at radius 1 is 1.33 bits per heavy atom. The van der Waals surface area contributed by atoms with E-state index in [4.69, 9.17) is 9.26 Å². The van der Waals surface area contributed by atoms with Crippen LogP contribution in [-0.4, -0.2) is 37.1 Å². The number of benzene rings is 1. The van der Waals surface area contributed by atoms with Crippen LogP contribution in [0.1, 0.15) is 30.9 Å². The molecule has 0 aliphatic carbocycles. The molecule has 1 aliphatic heterocycles. The van der Waals surface area contributed by atoms with Crippen LogP contribution in [0, 0.1) is 5.82 Å². The third-order valence-corrected chi connectivity index (χ3v) is 3.96. The van der Waals surface area contributed by atoms with Crippen molar-refractivity contribution < 1.29 is 18.4 Å². The first-order chi connectivity index (χ1) is 10.2. The normalized spacial score (nSPS) is 16.8. The molecule has 2 atom stereocenters. The van der Waals surface area contributed by atoms with E-state index < -0.39 is 0 Å². The summed E-state index contributed by atoms with van der Waals surface area (Å²) in [6.07, 6.45) is 1.84. The number of amides is 1. The van der Waals surface area contributed by atoms with Crippen molar-refractivity contribution in [1.82, 2.24) is 4.90 Å². The Morgan fingerprint density at radius 3 is 2.62 bits per heavy atom. The molecule has 1 aromatic carbocycles. The summed E-state index contributed by atoms with van der Waals surface area (Å²) in [5.74, 6) is -0.0938. The summed E-state index contributed by atoms with van der Waals surface area (Å²) in [7, 11) is 2.25. The molecule has 0 saturated carbocycles. The van der Waals surface area contributed by atoms with E-state index in [1.807, 2.05) is 4.90 Å². The fourth-order valence-electron chi connectivity index (χ4n) is 2.40. The molecule has 0 aromatic heterocycles. The number of carbonyl (C=O) groups is 1. The Morgan fingerprint density at radius 2 is 2.00 bits per heavy atom. The van der Waals surface area contributed by atoms with Crippen LogP contribution < -0.4 is 0 Å². The summed E-state index contributed by atoms with van der Waals surface area (Å²) in [6.45, 7) is 2.61. The molecule has 1 fully saturated rings. The molecule has 6 heteroatoms. The summed E-state index contributed by atoms with van der Waals surface area (Å²) >= 11 is 0. The number of hydrogen-bond acceptors (Lipinski definition) is 3. The maximum Gasteiger partial charge on any atom is 0.222 e. The number of rotatable bonds is 6. The van der Waals surface area contributed by atoms with E-state index in [0.717, 1.165) is 18.4 Å². The van der Waals surface area contributed by atoms with Crippen LogP contribution >= 0.6 is 9.47 Å². The topological polar surface area (TPSA) is 38.8 Å². The molecule has 116 valence electrons. The molecule has 1 unspecified atom stereocenters. The lowest BCUT2D eigenvalue weighted by Crippen LogP contribution is -2.40. The minimum atomic E-state index is -0.260. The highest BCUT2D eigenvalue weighted by Gasteiger charge is 2.17. The Balaban J connectivity index is 1.77. The monoisotopic (exact) mass is 313 g/mol. The van der Waals surface area contributed by atoms with Gasteiger partial charge in [0.05, 0.1) is 19.3 Å². The van der Waals surface area contributed by atoms with Gasteiger partial charge in [0.2, 0.25) is 5.91 Å². The average Bonchev–Trinajstić information content (AvgIpc) is 2.53. The van der Waals surface area contributed by atoms with Crippen LogP contribution in [0.25, 0.3) is 0 Å². The Hall–Kier alpha value is -1.03. The van der Waals surface area contributed by atoms with Crippen molar-refractivity contribution >= 4 is 15.4 Å². The molecule has 1 saturated heterocycles. The average molecular weight is 313 g/mol. The highest BCUT2D eigenvalue weighted by molar-refractivity contribution is 7.09. The molecule has 1 heterocycles. The Labute approximate surface area is 126 Å². The zero-order valence-corrected chi connectivity index (χ0v) is 13.1. The van der Waals surface area contributed by atoms with Crippen LogP contribution in [0.5, 0.6) is 0 Å². The standard InChI is InChI=1S/C15H21FNO3P/c16-13-6-4-12(5-7-13)14(20-21)2-1-3-15(18)17-8-10-19-11-9-17/h4-7,14H,1-3,8-11,21H2/t14-/m0/s1. The van der Waals surface area contributed by atoms with Crippen LogP contribution in [0.4, 0.5) is 4.39 Å². The second kappa shape index (κ2) is 8.42. The van der Waals surface area contributed by atoms with Crippen molar-refractivity contribution in [3.63, 3.8) is 0 Å². The van der Waals surface area contributed by atoms with Gasteiger partial charge in [-0.25, -0.2) is 4.39 Å². The van der Waals surface area contributed by atoms with E-state index in [0.29, 0.717) is 32.7 Å². The zero-order chi connectivity index (χ0) is 15.1.